The average Bonchev–Trinajstić information content (AvgIpc) is 3.37. The highest BCUT2D eigenvalue weighted by molar-refractivity contribution is 5.81. The molecule has 21 heteroatoms. The maximum Gasteiger partial charge on any atom is 0.252 e. The molecule has 20 nitrogen and oxygen atoms in total. The van der Waals surface area contributed by atoms with Gasteiger partial charge < -0.3 is 98.8 Å². The lowest BCUT2D eigenvalue weighted by atomic mass is 9.83. The molecular formula is C27H50FN7O13. The zero-order valence-corrected chi connectivity index (χ0v) is 26.1. The molecule has 0 aromatic carbocycles. The van der Waals surface area contributed by atoms with E-state index in [1.165, 1.54) is 0 Å². The van der Waals surface area contributed by atoms with Crippen LogP contribution in [-0.2, 0) is 33.2 Å². The Kier molecular flexibility index (Phi) is 13.8. The van der Waals surface area contributed by atoms with Crippen LogP contribution in [0.25, 0.3) is 0 Å². The van der Waals surface area contributed by atoms with Gasteiger partial charge in [-0.15, -0.1) is 0 Å². The van der Waals surface area contributed by atoms with Crippen LogP contribution < -0.4 is 39.7 Å². The fourth-order valence-corrected chi connectivity index (χ4v) is 6.07. The summed E-state index contributed by atoms with van der Waals surface area (Å²) in [7, 11) is 0. The number of amides is 1. The summed E-state index contributed by atoms with van der Waals surface area (Å²) in [4.78, 5) is 12.6. The summed E-state index contributed by atoms with van der Waals surface area (Å²) >= 11 is 0. The SMILES string of the molecule is NCC1=CC[C@@H](N)[C@@H](O[C@H]2[C@H](O[C@@H]3O[C@H](CO)[C@@H](O[C@H]4O[C@@H](CN)[C@@H](O)[C@H](O)[C@H]4N)[C@H]3O)[C@@H](O)[C@H](NC(=O)C(O)[C@@H](F)CN)C[C@@H]2N)O1. The molecule has 278 valence electrons. The number of ether oxygens (including phenoxy) is 6. The minimum Gasteiger partial charge on any atom is -0.467 e. The molecule has 3 heterocycles. The summed E-state index contributed by atoms with van der Waals surface area (Å²) in [5, 5.41) is 65.7. The molecular weight excluding hydrogens is 649 g/mol. The molecule has 1 aliphatic carbocycles. The van der Waals surface area contributed by atoms with Crippen LogP contribution in [0.5, 0.6) is 0 Å². The Labute approximate surface area is 275 Å². The molecule has 1 amide bonds. The van der Waals surface area contributed by atoms with Crippen LogP contribution in [-0.4, -0.2) is 173 Å². The van der Waals surface area contributed by atoms with E-state index in [2.05, 4.69) is 5.32 Å². The van der Waals surface area contributed by atoms with Crippen LogP contribution in [0.4, 0.5) is 4.39 Å². The highest BCUT2D eigenvalue weighted by Gasteiger charge is 2.54. The van der Waals surface area contributed by atoms with Gasteiger partial charge in [-0.25, -0.2) is 4.39 Å². The fourth-order valence-electron chi connectivity index (χ4n) is 6.07. The predicted octanol–water partition coefficient (Wildman–Crippen LogP) is -7.90. The normalized spacial score (nSPS) is 44.8. The van der Waals surface area contributed by atoms with Crippen molar-refractivity contribution in [1.29, 1.82) is 0 Å². The number of hydrogen-bond donors (Lipinski definition) is 13. The number of nitrogens with two attached hydrogens (primary N) is 6. The van der Waals surface area contributed by atoms with E-state index in [1.54, 1.807) is 6.08 Å². The Hall–Kier alpha value is -1.74. The van der Waals surface area contributed by atoms with Crippen LogP contribution in [0.2, 0.25) is 0 Å². The van der Waals surface area contributed by atoms with Gasteiger partial charge in [0, 0.05) is 19.1 Å². The van der Waals surface area contributed by atoms with Crippen molar-refractivity contribution in [2.75, 3.05) is 26.2 Å². The molecule has 0 spiro atoms. The van der Waals surface area contributed by atoms with Gasteiger partial charge in [0.2, 0.25) is 6.29 Å². The summed E-state index contributed by atoms with van der Waals surface area (Å²) in [6, 6.07) is -4.23. The van der Waals surface area contributed by atoms with Gasteiger partial charge in [-0.1, -0.05) is 0 Å². The summed E-state index contributed by atoms with van der Waals surface area (Å²) in [5.41, 5.74) is 35.2. The average molecular weight is 700 g/mol. The molecule has 4 rings (SSSR count). The first-order valence-electron chi connectivity index (χ1n) is 15.7. The number of carbonyl (C=O) groups is 1. The summed E-state index contributed by atoms with van der Waals surface area (Å²) in [6.07, 6.45) is -19.3. The lowest BCUT2D eigenvalue weighted by Crippen LogP contribution is -2.67. The topological polar surface area (TPSA) is 362 Å². The molecule has 2 saturated heterocycles. The van der Waals surface area contributed by atoms with Gasteiger partial charge in [0.15, 0.2) is 18.7 Å². The number of aliphatic hydroxyl groups excluding tert-OH is 6. The molecule has 0 radical (unpaired) electrons. The summed E-state index contributed by atoms with van der Waals surface area (Å²) < 4.78 is 49.0. The number of nitrogens with one attached hydrogen (secondary N) is 1. The monoisotopic (exact) mass is 699 g/mol. The molecule has 3 aliphatic heterocycles. The van der Waals surface area contributed by atoms with E-state index in [9.17, 15) is 39.8 Å². The van der Waals surface area contributed by atoms with Crippen LogP contribution in [0.3, 0.4) is 0 Å². The highest BCUT2D eigenvalue weighted by atomic mass is 19.1. The molecule has 4 aliphatic rings. The van der Waals surface area contributed by atoms with Gasteiger partial charge in [-0.2, -0.15) is 0 Å². The van der Waals surface area contributed by atoms with Gasteiger partial charge in [0.05, 0.1) is 31.3 Å². The fraction of sp³-hybridized carbons (Fsp3) is 0.889. The quantitative estimate of drug-likeness (QED) is 0.0848. The number of halogens is 1. The van der Waals surface area contributed by atoms with Gasteiger partial charge >= 0.3 is 0 Å². The van der Waals surface area contributed by atoms with E-state index in [0.29, 0.717) is 12.2 Å². The van der Waals surface area contributed by atoms with E-state index < -0.39 is 129 Å². The highest BCUT2D eigenvalue weighted by Crippen LogP contribution is 2.34. The Morgan fingerprint density at radius 1 is 0.896 bits per heavy atom. The van der Waals surface area contributed by atoms with Crippen LogP contribution in [0.15, 0.2) is 11.8 Å². The molecule has 1 saturated carbocycles. The molecule has 19 N–H and O–H groups in total. The van der Waals surface area contributed by atoms with Crippen molar-refractivity contribution in [3.8, 4) is 0 Å². The molecule has 48 heavy (non-hydrogen) atoms. The third kappa shape index (κ3) is 8.41. The zero-order chi connectivity index (χ0) is 35.4. The first kappa shape index (κ1) is 39.1. The van der Waals surface area contributed by atoms with E-state index in [1.807, 2.05) is 0 Å². The third-order valence-corrected chi connectivity index (χ3v) is 8.95. The maximum atomic E-state index is 14.0. The van der Waals surface area contributed by atoms with Crippen molar-refractivity contribution >= 4 is 5.91 Å². The molecule has 0 bridgehead atoms. The number of alkyl halides is 1. The van der Waals surface area contributed by atoms with E-state index >= 15 is 0 Å². The minimum atomic E-state index is -2.14. The van der Waals surface area contributed by atoms with Crippen molar-refractivity contribution in [1.82, 2.24) is 5.32 Å². The van der Waals surface area contributed by atoms with Crippen LogP contribution in [0.1, 0.15) is 12.8 Å². The largest absolute Gasteiger partial charge is 0.467 e. The second-order valence-electron chi connectivity index (χ2n) is 12.3. The number of aliphatic hydroxyl groups is 6. The van der Waals surface area contributed by atoms with E-state index in [4.69, 9.17) is 62.8 Å². The van der Waals surface area contributed by atoms with Crippen molar-refractivity contribution in [3.05, 3.63) is 11.8 Å². The third-order valence-electron chi connectivity index (χ3n) is 8.95. The Morgan fingerprint density at radius 2 is 1.54 bits per heavy atom. The summed E-state index contributed by atoms with van der Waals surface area (Å²) in [5.74, 6) is -0.780. The van der Waals surface area contributed by atoms with Crippen molar-refractivity contribution in [3.63, 3.8) is 0 Å². The van der Waals surface area contributed by atoms with E-state index in [0.717, 1.165) is 0 Å². The van der Waals surface area contributed by atoms with Gasteiger partial charge in [-0.3, -0.25) is 4.79 Å². The van der Waals surface area contributed by atoms with E-state index in [-0.39, 0.29) is 19.5 Å². The van der Waals surface area contributed by atoms with Gasteiger partial charge in [0.1, 0.15) is 66.9 Å². The molecule has 1 unspecified atom stereocenters. The lowest BCUT2D eigenvalue weighted by Gasteiger charge is -2.46. The van der Waals surface area contributed by atoms with Crippen molar-refractivity contribution in [2.45, 2.75) is 123 Å². The van der Waals surface area contributed by atoms with Gasteiger partial charge in [-0.05, 0) is 18.9 Å². The summed E-state index contributed by atoms with van der Waals surface area (Å²) in [6.45, 7) is -1.50. The Bertz CT molecular complexity index is 1090. The predicted molar refractivity (Wildman–Crippen MR) is 159 cm³/mol. The minimum absolute atomic E-state index is 0.0447. The maximum absolute atomic E-state index is 14.0. The lowest BCUT2D eigenvalue weighted by molar-refractivity contribution is -0.282. The molecule has 18 atom stereocenters. The first-order valence-corrected chi connectivity index (χ1v) is 15.7. The first-order chi connectivity index (χ1) is 22.8. The zero-order valence-electron chi connectivity index (χ0n) is 26.1. The second kappa shape index (κ2) is 17.0. The van der Waals surface area contributed by atoms with Crippen LogP contribution >= 0.6 is 0 Å². The van der Waals surface area contributed by atoms with Gasteiger partial charge in [0.25, 0.3) is 5.91 Å². The van der Waals surface area contributed by atoms with Crippen LogP contribution in [0, 0.1) is 0 Å². The Balaban J connectivity index is 1.56. The number of carbonyl (C=O) groups excluding carboxylic acids is 1. The smallest absolute Gasteiger partial charge is 0.252 e. The second-order valence-corrected chi connectivity index (χ2v) is 12.3. The molecule has 0 aromatic rings. The molecule has 3 fully saturated rings. The molecule has 0 aromatic heterocycles. The van der Waals surface area contributed by atoms with Crippen molar-refractivity contribution < 1.29 is 68.2 Å². The van der Waals surface area contributed by atoms with Crippen molar-refractivity contribution in [2.24, 2.45) is 34.4 Å². The standard InChI is InChI=1S/C27H50FN7O13/c28-9(5-30)16(37)24(42)35-12-3-11(33)21(46-25-10(32)2-1-8(4-29)43-25)23(17(12)38)48-27-20(41)22(14(7-36)45-27)47-26-15(34)19(40)18(39)13(6-31)44-26/h1,9-23,25-27,36-41H,2-7,29-34H2,(H,35,42)/t9-,10+,11-,12+,13-,14+,15+,16?,17-,18+,19+,20+,21+,22+,23+,25+,26+,27-/m0/s1. The number of rotatable bonds is 13. The number of hydrogen-bond acceptors (Lipinski definition) is 19. The Morgan fingerprint density at radius 3 is 2.17 bits per heavy atom.